The molecule has 3 rings (SSSR count). The third-order valence-corrected chi connectivity index (χ3v) is 4.47. The Morgan fingerprint density at radius 3 is 2.91 bits per heavy atom. The van der Waals surface area contributed by atoms with Crippen molar-refractivity contribution in [1.82, 2.24) is 5.16 Å². The smallest absolute Gasteiger partial charge is 0.227 e. The standard InChI is InChI=1S/C18H22N2O3/c1-12-15(13(2)23-19-12)9-10-17(21)20-11-5-7-14-6-4-8-16(22-3)18(14)20/h4,6,8H,5,7,9-11H2,1-3H3. The molecule has 1 amide bonds. The molecule has 0 radical (unpaired) electrons. The van der Waals surface area contributed by atoms with E-state index in [-0.39, 0.29) is 5.91 Å². The summed E-state index contributed by atoms with van der Waals surface area (Å²) in [5.41, 5.74) is 4.02. The molecule has 5 heteroatoms. The Hall–Kier alpha value is -2.30. The number of hydrogen-bond acceptors (Lipinski definition) is 4. The molecule has 1 aliphatic rings. The minimum atomic E-state index is 0.121. The van der Waals surface area contributed by atoms with Crippen LogP contribution in [0.3, 0.4) is 0 Å². The number of para-hydroxylation sites is 1. The molecule has 0 spiro atoms. The lowest BCUT2D eigenvalue weighted by molar-refractivity contribution is -0.118. The van der Waals surface area contributed by atoms with Crippen molar-refractivity contribution in [1.29, 1.82) is 0 Å². The monoisotopic (exact) mass is 314 g/mol. The van der Waals surface area contributed by atoms with Gasteiger partial charge in [-0.05, 0) is 44.7 Å². The fraction of sp³-hybridized carbons (Fsp3) is 0.444. The molecule has 23 heavy (non-hydrogen) atoms. The molecule has 2 heterocycles. The Kier molecular flexibility index (Phi) is 4.37. The van der Waals surface area contributed by atoms with E-state index in [0.717, 1.165) is 47.8 Å². The van der Waals surface area contributed by atoms with E-state index >= 15 is 0 Å². The number of carbonyl (C=O) groups excluding carboxylic acids is 1. The van der Waals surface area contributed by atoms with Crippen LogP contribution < -0.4 is 9.64 Å². The molecule has 0 saturated heterocycles. The first-order valence-electron chi connectivity index (χ1n) is 7.99. The summed E-state index contributed by atoms with van der Waals surface area (Å²) in [4.78, 5) is 14.6. The lowest BCUT2D eigenvalue weighted by Gasteiger charge is -2.31. The van der Waals surface area contributed by atoms with E-state index in [9.17, 15) is 4.79 Å². The SMILES string of the molecule is COc1cccc2c1N(C(=O)CCc1c(C)noc1C)CCC2. The van der Waals surface area contributed by atoms with Crippen LogP contribution in [-0.2, 0) is 17.6 Å². The summed E-state index contributed by atoms with van der Waals surface area (Å²) in [5, 5.41) is 3.95. The van der Waals surface area contributed by atoms with Crippen LogP contribution in [0.4, 0.5) is 5.69 Å². The molecule has 5 nitrogen and oxygen atoms in total. The molecule has 0 atom stereocenters. The third kappa shape index (κ3) is 2.96. The molecular weight excluding hydrogens is 292 g/mol. The molecular formula is C18H22N2O3. The van der Waals surface area contributed by atoms with E-state index in [4.69, 9.17) is 9.26 Å². The number of nitrogens with zero attached hydrogens (tertiary/aromatic N) is 2. The highest BCUT2D eigenvalue weighted by molar-refractivity contribution is 5.96. The first kappa shape index (κ1) is 15.6. The van der Waals surface area contributed by atoms with Crippen LogP contribution >= 0.6 is 0 Å². The number of anilines is 1. The highest BCUT2D eigenvalue weighted by Gasteiger charge is 2.26. The van der Waals surface area contributed by atoms with Crippen molar-refractivity contribution in [3.63, 3.8) is 0 Å². The molecule has 1 aliphatic heterocycles. The number of methoxy groups -OCH3 is 1. The predicted molar refractivity (Wildman–Crippen MR) is 88.0 cm³/mol. The molecule has 0 N–H and O–H groups in total. The van der Waals surface area contributed by atoms with Crippen LogP contribution in [0, 0.1) is 13.8 Å². The number of aryl methyl sites for hydroxylation is 3. The van der Waals surface area contributed by atoms with Crippen molar-refractivity contribution < 1.29 is 14.1 Å². The Balaban J connectivity index is 1.79. The van der Waals surface area contributed by atoms with Crippen molar-refractivity contribution >= 4 is 11.6 Å². The highest BCUT2D eigenvalue weighted by Crippen LogP contribution is 2.36. The largest absolute Gasteiger partial charge is 0.495 e. The van der Waals surface area contributed by atoms with Crippen LogP contribution in [-0.4, -0.2) is 24.7 Å². The fourth-order valence-electron chi connectivity index (χ4n) is 3.26. The van der Waals surface area contributed by atoms with Crippen molar-refractivity contribution in [3.05, 3.63) is 40.8 Å². The molecule has 1 aromatic heterocycles. The number of hydrogen-bond donors (Lipinski definition) is 0. The van der Waals surface area contributed by atoms with E-state index in [1.54, 1.807) is 7.11 Å². The Morgan fingerprint density at radius 1 is 1.39 bits per heavy atom. The number of aromatic nitrogens is 1. The summed E-state index contributed by atoms with van der Waals surface area (Å²) in [6.07, 6.45) is 3.07. The zero-order chi connectivity index (χ0) is 16.4. The molecule has 2 aromatic rings. The Labute approximate surface area is 136 Å². The molecule has 0 saturated carbocycles. The summed E-state index contributed by atoms with van der Waals surface area (Å²) < 4.78 is 10.6. The van der Waals surface area contributed by atoms with Gasteiger partial charge in [-0.3, -0.25) is 4.79 Å². The van der Waals surface area contributed by atoms with Crippen molar-refractivity contribution in [2.75, 3.05) is 18.6 Å². The van der Waals surface area contributed by atoms with Crippen molar-refractivity contribution in [2.45, 2.75) is 39.5 Å². The molecule has 1 aromatic carbocycles. The topological polar surface area (TPSA) is 55.6 Å². The average Bonchev–Trinajstić information content (AvgIpc) is 2.89. The summed E-state index contributed by atoms with van der Waals surface area (Å²) in [6, 6.07) is 5.97. The maximum atomic E-state index is 12.8. The van der Waals surface area contributed by atoms with Crippen molar-refractivity contribution in [3.8, 4) is 5.75 Å². The Morgan fingerprint density at radius 2 is 2.22 bits per heavy atom. The van der Waals surface area contributed by atoms with E-state index in [1.807, 2.05) is 30.9 Å². The van der Waals surface area contributed by atoms with Crippen LogP contribution in [0.1, 0.15) is 35.4 Å². The van der Waals surface area contributed by atoms with Gasteiger partial charge in [0.05, 0.1) is 18.5 Å². The van der Waals surface area contributed by atoms with Crippen LogP contribution in [0.15, 0.2) is 22.7 Å². The van der Waals surface area contributed by atoms with Gasteiger partial charge in [0.1, 0.15) is 11.5 Å². The van der Waals surface area contributed by atoms with Gasteiger partial charge in [-0.25, -0.2) is 0 Å². The molecule has 122 valence electrons. The number of benzene rings is 1. The van der Waals surface area contributed by atoms with E-state index in [1.165, 1.54) is 5.56 Å². The number of rotatable bonds is 4. The first-order chi connectivity index (χ1) is 11.1. The lowest BCUT2D eigenvalue weighted by Crippen LogP contribution is -2.36. The quantitative estimate of drug-likeness (QED) is 0.869. The maximum Gasteiger partial charge on any atom is 0.227 e. The van der Waals surface area contributed by atoms with Gasteiger partial charge in [0, 0.05) is 18.5 Å². The van der Waals surface area contributed by atoms with Gasteiger partial charge in [0.15, 0.2) is 0 Å². The van der Waals surface area contributed by atoms with Crippen molar-refractivity contribution in [2.24, 2.45) is 0 Å². The van der Waals surface area contributed by atoms with Gasteiger partial charge in [0.25, 0.3) is 0 Å². The number of carbonyl (C=O) groups is 1. The highest BCUT2D eigenvalue weighted by atomic mass is 16.5. The van der Waals surface area contributed by atoms with Crippen LogP contribution in [0.5, 0.6) is 5.75 Å². The number of ether oxygens (including phenoxy) is 1. The zero-order valence-electron chi connectivity index (χ0n) is 13.9. The van der Waals surface area contributed by atoms with E-state index in [2.05, 4.69) is 11.2 Å². The van der Waals surface area contributed by atoms with Gasteiger partial charge in [-0.2, -0.15) is 0 Å². The zero-order valence-corrected chi connectivity index (χ0v) is 13.9. The maximum absolute atomic E-state index is 12.8. The minimum Gasteiger partial charge on any atom is -0.495 e. The van der Waals surface area contributed by atoms with Crippen LogP contribution in [0.2, 0.25) is 0 Å². The second-order valence-electron chi connectivity index (χ2n) is 5.92. The average molecular weight is 314 g/mol. The number of fused-ring (bicyclic) bond motifs is 1. The number of amides is 1. The summed E-state index contributed by atoms with van der Waals surface area (Å²) >= 11 is 0. The van der Waals surface area contributed by atoms with Gasteiger partial charge in [0.2, 0.25) is 5.91 Å². The van der Waals surface area contributed by atoms with E-state index < -0.39 is 0 Å². The molecule has 0 aliphatic carbocycles. The Bertz CT molecular complexity index is 687. The summed E-state index contributed by atoms with van der Waals surface area (Å²) in [6.45, 7) is 4.54. The molecule has 0 bridgehead atoms. The minimum absolute atomic E-state index is 0.121. The third-order valence-electron chi connectivity index (χ3n) is 4.47. The fourth-order valence-corrected chi connectivity index (χ4v) is 3.26. The van der Waals surface area contributed by atoms with Gasteiger partial charge >= 0.3 is 0 Å². The normalized spacial score (nSPS) is 13.8. The predicted octanol–water partition coefficient (Wildman–Crippen LogP) is 3.21. The molecule has 0 fully saturated rings. The van der Waals surface area contributed by atoms with Gasteiger partial charge in [-0.1, -0.05) is 17.3 Å². The van der Waals surface area contributed by atoms with Gasteiger partial charge < -0.3 is 14.2 Å². The second kappa shape index (κ2) is 6.44. The summed E-state index contributed by atoms with van der Waals surface area (Å²) in [5.74, 6) is 1.69. The lowest BCUT2D eigenvalue weighted by atomic mass is 10.00. The van der Waals surface area contributed by atoms with Gasteiger partial charge in [-0.15, -0.1) is 0 Å². The summed E-state index contributed by atoms with van der Waals surface area (Å²) in [7, 11) is 1.65. The first-order valence-corrected chi connectivity index (χ1v) is 7.99. The van der Waals surface area contributed by atoms with E-state index in [0.29, 0.717) is 12.8 Å². The second-order valence-corrected chi connectivity index (χ2v) is 5.92. The van der Waals surface area contributed by atoms with Crippen LogP contribution in [0.25, 0.3) is 0 Å². The molecule has 0 unspecified atom stereocenters.